The number of benzene rings is 1. The highest BCUT2D eigenvalue weighted by atomic mass is 35.7. The zero-order valence-electron chi connectivity index (χ0n) is 11.7. The van der Waals surface area contributed by atoms with Crippen molar-refractivity contribution in [3.05, 3.63) is 29.8 Å². The molecule has 0 spiro atoms. The van der Waals surface area contributed by atoms with E-state index in [0.29, 0.717) is 6.16 Å². The summed E-state index contributed by atoms with van der Waals surface area (Å²) in [4.78, 5) is 0. The fraction of sp³-hybridized carbons (Fsp3) is 0.600. The van der Waals surface area contributed by atoms with Crippen LogP contribution in [-0.2, 0) is 6.18 Å². The minimum Gasteiger partial charge on any atom is -0.166 e. The predicted octanol–water partition coefficient (Wildman–Crippen LogP) is 6.33. The van der Waals surface area contributed by atoms with E-state index in [0.717, 1.165) is 25.3 Å². The second-order valence-corrected chi connectivity index (χ2v) is 7.75. The molecule has 1 atom stereocenters. The van der Waals surface area contributed by atoms with Crippen molar-refractivity contribution in [1.82, 2.24) is 0 Å². The van der Waals surface area contributed by atoms with E-state index in [9.17, 15) is 13.2 Å². The second-order valence-electron chi connectivity index (χ2n) is 4.87. The lowest BCUT2D eigenvalue weighted by Crippen LogP contribution is -2.17. The molecule has 0 aliphatic heterocycles. The van der Waals surface area contributed by atoms with E-state index in [1.54, 1.807) is 6.07 Å². The Hall–Kier alpha value is -0.270. The zero-order chi connectivity index (χ0) is 15.0. The maximum Gasteiger partial charge on any atom is 0.417 e. The SMILES string of the molecule is CCCCCCCCP(Cl)c1ccccc1C(F)(F)F. The molecule has 1 aromatic carbocycles. The van der Waals surface area contributed by atoms with Gasteiger partial charge in [-0.1, -0.05) is 68.5 Å². The van der Waals surface area contributed by atoms with Crippen molar-refractivity contribution in [3.63, 3.8) is 0 Å². The predicted molar refractivity (Wildman–Crippen MR) is 82.1 cm³/mol. The quantitative estimate of drug-likeness (QED) is 0.387. The van der Waals surface area contributed by atoms with Crippen LogP contribution in [0.15, 0.2) is 24.3 Å². The van der Waals surface area contributed by atoms with Crippen molar-refractivity contribution in [2.45, 2.75) is 51.6 Å². The monoisotopic (exact) mass is 324 g/mol. The van der Waals surface area contributed by atoms with E-state index in [2.05, 4.69) is 6.92 Å². The zero-order valence-corrected chi connectivity index (χ0v) is 13.4. The van der Waals surface area contributed by atoms with Gasteiger partial charge >= 0.3 is 6.18 Å². The van der Waals surface area contributed by atoms with Crippen molar-refractivity contribution >= 4 is 23.8 Å². The van der Waals surface area contributed by atoms with Gasteiger partial charge in [-0.25, -0.2) is 0 Å². The van der Waals surface area contributed by atoms with Crippen LogP contribution in [0.1, 0.15) is 51.0 Å². The summed E-state index contributed by atoms with van der Waals surface area (Å²) in [5.74, 6) is 0. The molecule has 0 aromatic heterocycles. The van der Waals surface area contributed by atoms with Gasteiger partial charge < -0.3 is 0 Å². The Bertz CT molecular complexity index is 393. The van der Waals surface area contributed by atoms with Gasteiger partial charge in [-0.2, -0.15) is 13.2 Å². The maximum atomic E-state index is 12.9. The van der Waals surface area contributed by atoms with Crippen LogP contribution < -0.4 is 5.30 Å². The van der Waals surface area contributed by atoms with Crippen LogP contribution in [0.4, 0.5) is 13.2 Å². The summed E-state index contributed by atoms with van der Waals surface area (Å²) >= 11 is 6.22. The second kappa shape index (κ2) is 8.89. The standard InChI is InChI=1S/C15H21ClF3P/c1-2-3-4-5-6-9-12-20(16)14-11-8-7-10-13(14)15(17,18)19/h7-8,10-11H,2-6,9,12H2,1H3. The molecule has 1 rings (SSSR count). The Labute approximate surface area is 125 Å². The largest absolute Gasteiger partial charge is 0.417 e. The van der Waals surface area contributed by atoms with Gasteiger partial charge in [0.2, 0.25) is 0 Å². The third kappa shape index (κ3) is 6.01. The summed E-state index contributed by atoms with van der Waals surface area (Å²) in [6, 6.07) is 5.67. The Balaban J connectivity index is 2.49. The van der Waals surface area contributed by atoms with Crippen LogP contribution in [0.2, 0.25) is 0 Å². The molecule has 1 unspecified atom stereocenters. The molecular formula is C15H21ClF3P. The molecule has 0 N–H and O–H groups in total. The van der Waals surface area contributed by atoms with E-state index >= 15 is 0 Å². The molecule has 0 heterocycles. The molecule has 1 aromatic rings. The molecule has 0 bridgehead atoms. The van der Waals surface area contributed by atoms with Gasteiger partial charge in [0.1, 0.15) is 0 Å². The van der Waals surface area contributed by atoms with Crippen molar-refractivity contribution in [2.24, 2.45) is 0 Å². The van der Waals surface area contributed by atoms with Crippen LogP contribution in [0.25, 0.3) is 0 Å². The lowest BCUT2D eigenvalue weighted by molar-refractivity contribution is -0.136. The first-order chi connectivity index (χ1) is 9.46. The van der Waals surface area contributed by atoms with Gasteiger partial charge in [0.05, 0.1) is 5.56 Å². The third-order valence-corrected chi connectivity index (χ3v) is 5.85. The molecule has 0 fully saturated rings. The molecule has 0 saturated heterocycles. The summed E-state index contributed by atoms with van der Waals surface area (Å²) in [6.07, 6.45) is 3.09. The molecule has 20 heavy (non-hydrogen) atoms. The number of hydrogen-bond acceptors (Lipinski definition) is 0. The summed E-state index contributed by atoms with van der Waals surface area (Å²) in [5.41, 5.74) is -0.577. The van der Waals surface area contributed by atoms with E-state index in [1.165, 1.54) is 31.4 Å². The van der Waals surface area contributed by atoms with E-state index in [4.69, 9.17) is 11.2 Å². The molecule has 0 saturated carbocycles. The first-order valence-corrected chi connectivity index (χ1v) is 9.49. The molecule has 0 nitrogen and oxygen atoms in total. The van der Waals surface area contributed by atoms with Crippen LogP contribution in [-0.4, -0.2) is 6.16 Å². The summed E-state index contributed by atoms with van der Waals surface area (Å²) in [6.45, 7) is 2.16. The normalized spacial score (nSPS) is 13.4. The summed E-state index contributed by atoms with van der Waals surface area (Å²) in [7, 11) is -1.23. The number of alkyl halides is 3. The topological polar surface area (TPSA) is 0 Å². The molecule has 0 radical (unpaired) electrons. The van der Waals surface area contributed by atoms with Crippen LogP contribution in [0.5, 0.6) is 0 Å². The van der Waals surface area contributed by atoms with Crippen molar-refractivity contribution < 1.29 is 13.2 Å². The fourth-order valence-electron chi connectivity index (χ4n) is 2.08. The van der Waals surface area contributed by atoms with Crippen LogP contribution >= 0.6 is 18.5 Å². The molecule has 5 heteroatoms. The highest BCUT2D eigenvalue weighted by Crippen LogP contribution is 2.45. The highest BCUT2D eigenvalue weighted by Gasteiger charge is 2.34. The fourth-order valence-corrected chi connectivity index (χ4v) is 4.33. The van der Waals surface area contributed by atoms with Crippen LogP contribution in [0, 0.1) is 0 Å². The van der Waals surface area contributed by atoms with Crippen molar-refractivity contribution in [2.75, 3.05) is 6.16 Å². The lowest BCUT2D eigenvalue weighted by atomic mass is 10.1. The van der Waals surface area contributed by atoms with Gasteiger partial charge in [0.25, 0.3) is 0 Å². The number of halogens is 4. The summed E-state index contributed by atoms with van der Waals surface area (Å²) < 4.78 is 38.7. The molecule has 0 aliphatic carbocycles. The van der Waals surface area contributed by atoms with Gasteiger partial charge in [0.15, 0.2) is 0 Å². The first kappa shape index (κ1) is 17.8. The van der Waals surface area contributed by atoms with E-state index in [-0.39, 0.29) is 5.30 Å². The summed E-state index contributed by atoms with van der Waals surface area (Å²) in [5, 5.41) is 0.269. The number of unbranched alkanes of at least 4 members (excludes halogenated alkanes) is 5. The Morgan fingerprint density at radius 1 is 1.00 bits per heavy atom. The minimum absolute atomic E-state index is 0.269. The van der Waals surface area contributed by atoms with E-state index < -0.39 is 19.0 Å². The molecule has 0 amide bonds. The minimum atomic E-state index is -4.31. The average Bonchev–Trinajstić information content (AvgIpc) is 2.41. The van der Waals surface area contributed by atoms with Crippen molar-refractivity contribution in [1.29, 1.82) is 0 Å². The van der Waals surface area contributed by atoms with Gasteiger partial charge in [-0.15, -0.1) is 0 Å². The first-order valence-electron chi connectivity index (χ1n) is 7.06. The lowest BCUT2D eigenvalue weighted by Gasteiger charge is -2.16. The van der Waals surface area contributed by atoms with Gasteiger partial charge in [-0.05, 0) is 18.6 Å². The van der Waals surface area contributed by atoms with E-state index in [1.807, 2.05) is 0 Å². The molecular weight excluding hydrogens is 304 g/mol. The Morgan fingerprint density at radius 3 is 2.25 bits per heavy atom. The Morgan fingerprint density at radius 2 is 1.60 bits per heavy atom. The average molecular weight is 325 g/mol. The van der Waals surface area contributed by atoms with Crippen LogP contribution in [0.3, 0.4) is 0 Å². The molecule has 114 valence electrons. The smallest absolute Gasteiger partial charge is 0.166 e. The van der Waals surface area contributed by atoms with Crippen molar-refractivity contribution in [3.8, 4) is 0 Å². The highest BCUT2D eigenvalue weighted by molar-refractivity contribution is 7.90. The van der Waals surface area contributed by atoms with Gasteiger partial charge in [0, 0.05) is 12.6 Å². The van der Waals surface area contributed by atoms with Gasteiger partial charge in [-0.3, -0.25) is 0 Å². The number of hydrogen-bond donors (Lipinski definition) is 0. The molecule has 0 aliphatic rings. The number of rotatable bonds is 8. The maximum absolute atomic E-state index is 12.9. The Kier molecular flexibility index (Phi) is 7.91. The third-order valence-electron chi connectivity index (χ3n) is 3.18.